The summed E-state index contributed by atoms with van der Waals surface area (Å²) in [7, 11) is 0. The summed E-state index contributed by atoms with van der Waals surface area (Å²) in [5.41, 5.74) is 19.4. The molecule has 1 fully saturated rings. The molecular weight excluding hydrogens is 1290 g/mol. The van der Waals surface area contributed by atoms with Gasteiger partial charge in [0.05, 0.1) is 12.7 Å². The third-order valence-electron chi connectivity index (χ3n) is 15.9. The van der Waals surface area contributed by atoms with E-state index < -0.39 is 169 Å². The Kier molecular flexibility index (Phi) is 30.7. The summed E-state index contributed by atoms with van der Waals surface area (Å²) in [6.45, 7) is 5.28. The molecule has 0 radical (unpaired) electrons. The van der Waals surface area contributed by atoms with E-state index in [1.54, 1.807) is 81.0 Å². The average molecular weight is 1380 g/mol. The van der Waals surface area contributed by atoms with Crippen LogP contribution in [-0.2, 0) is 70.4 Å². The number of nitrogens with zero attached hydrogens (tertiary/aromatic N) is 2. The van der Waals surface area contributed by atoms with Crippen LogP contribution in [0.15, 0.2) is 65.9 Å². The number of fused-ring (bicyclic) bond motifs is 2. The molecule has 32 nitrogen and oxygen atoms in total. The average Bonchev–Trinajstić information content (AvgIpc) is 1.62. The minimum Gasteiger partial charge on any atom is -0.481 e. The van der Waals surface area contributed by atoms with Crippen molar-refractivity contribution in [2.45, 2.75) is 164 Å². The normalized spacial score (nSPS) is 16.4. The lowest BCUT2D eigenvalue weighted by Gasteiger charge is -2.31. The molecule has 2 aromatic heterocycles. The quantitative estimate of drug-likeness (QED) is 0.00931. The van der Waals surface area contributed by atoms with Crippen LogP contribution in [0.5, 0.6) is 0 Å². The highest BCUT2D eigenvalue weighted by molar-refractivity contribution is 7.98. The number of nitrogens with one attached hydrogen (secondary N) is 11. The van der Waals surface area contributed by atoms with E-state index >= 15 is 0 Å². The molecule has 1 saturated heterocycles. The highest BCUT2D eigenvalue weighted by Crippen LogP contribution is 2.24. The van der Waals surface area contributed by atoms with Crippen LogP contribution in [0.25, 0.3) is 21.8 Å². The van der Waals surface area contributed by atoms with Gasteiger partial charge in [-0.05, 0) is 100.0 Å². The summed E-state index contributed by atoms with van der Waals surface area (Å²) in [5, 5.41) is 64.1. The largest absolute Gasteiger partial charge is 0.481 e. The molecule has 10 amide bonds. The number of thiol groups is 1. The Bertz CT molecular complexity index is 3420. The van der Waals surface area contributed by atoms with Crippen molar-refractivity contribution in [1.82, 2.24) is 62.7 Å². The van der Waals surface area contributed by atoms with Gasteiger partial charge in [-0.25, -0.2) is 4.79 Å². The molecule has 4 aromatic rings. The van der Waals surface area contributed by atoms with Crippen molar-refractivity contribution < 1.29 is 78.0 Å². The first-order valence-corrected chi connectivity index (χ1v) is 33.4. The summed E-state index contributed by atoms with van der Waals surface area (Å²) in [4.78, 5) is 176. The van der Waals surface area contributed by atoms with Crippen LogP contribution < -0.4 is 65.1 Å². The first-order chi connectivity index (χ1) is 45.6. The van der Waals surface area contributed by atoms with Crippen molar-refractivity contribution in [3.05, 3.63) is 72.1 Å². The van der Waals surface area contributed by atoms with Gasteiger partial charge >= 0.3 is 11.9 Å². The van der Waals surface area contributed by atoms with E-state index in [0.717, 1.165) is 0 Å². The number of likely N-dealkylation sites (tertiary alicyclic amines) is 1. The zero-order valence-electron chi connectivity index (χ0n) is 54.1. The monoisotopic (exact) mass is 1380 g/mol. The van der Waals surface area contributed by atoms with E-state index in [0.29, 0.717) is 38.7 Å². The molecule has 1 aliphatic heterocycles. The highest BCUT2D eigenvalue weighted by atomic mass is 32.2. The number of rotatable bonds is 39. The first-order valence-electron chi connectivity index (χ1n) is 31.4. The predicted octanol–water partition coefficient (Wildman–Crippen LogP) is -2.76. The van der Waals surface area contributed by atoms with Gasteiger partial charge < -0.3 is 100 Å². The SMILES string of the molecule is CSCC[C@H](NC(=O)[C@H](C)NC(=O)[C@H](CCC(=O)O)NC(=O)[C@H](Cc1c[nH]c2ccccc12)NC(=O)[C@@H]1CCCN1C(=O)[C@H](CCCN=C(N)N)NC(=O)[C@H](CS)NC(=O)[C@@H](NC(=O)[C@H](Cc1c[nH]c2ccccc12)NC(=O)[C@H](CC(C)C)NC(=O)[C@@H](N)CO)[C@@H](C)O)C(=O)O. The van der Waals surface area contributed by atoms with Crippen LogP contribution in [0.4, 0.5) is 0 Å². The molecule has 21 N–H and O–H groups in total. The molecule has 1 aliphatic rings. The van der Waals surface area contributed by atoms with E-state index in [-0.39, 0.29) is 76.3 Å². The molecule has 5 rings (SSSR count). The zero-order valence-corrected chi connectivity index (χ0v) is 55.8. The van der Waals surface area contributed by atoms with Crippen molar-refractivity contribution in [2.24, 2.45) is 28.1 Å². The maximum Gasteiger partial charge on any atom is 0.326 e. The van der Waals surface area contributed by atoms with Crippen LogP contribution in [0, 0.1) is 5.92 Å². The maximum absolute atomic E-state index is 14.9. The van der Waals surface area contributed by atoms with Crippen LogP contribution in [0.2, 0.25) is 0 Å². The predicted molar refractivity (Wildman–Crippen MR) is 359 cm³/mol. The van der Waals surface area contributed by atoms with Gasteiger partial charge in [0.25, 0.3) is 0 Å². The second-order valence-corrected chi connectivity index (χ2v) is 25.2. The van der Waals surface area contributed by atoms with Crippen molar-refractivity contribution in [3.63, 3.8) is 0 Å². The zero-order chi connectivity index (χ0) is 70.9. The number of thioether (sulfide) groups is 1. The summed E-state index contributed by atoms with van der Waals surface area (Å²) < 4.78 is 0. The molecule has 526 valence electrons. The molecule has 0 bridgehead atoms. The molecule has 96 heavy (non-hydrogen) atoms. The standard InChI is InChI=1S/C62H90N16O16S2/c1-31(2)24-44(73-52(84)38(63)29-79)54(86)74-46(26-35-28-68-40-15-9-7-13-37(35)40)56(88)77-50(33(4)80)59(91)76-47(30-95)57(89)71-42(16-10-21-66-62(64)65)60(92)78-22-11-17-48(78)58(90)75-45(25-34-27-67-39-14-8-6-12-36(34)39)55(87)70-41(18-19-49(81)82)53(85)69-32(3)51(83)72-43(61(93)94)20-23-96-5/h6-9,12-15,27-28,31-33,38,41-48,50,67-68,79-80,95H,10-11,16-26,29-30,63H2,1-5H3,(H,69,85)(H,70,87)(H,71,89)(H,72,83)(H,73,84)(H,74,86)(H,75,90)(H,76,91)(H,77,88)(H,81,82)(H,93,94)(H4,64,65,66)/t32-,33+,38-,41-,42-,43-,44-,45-,46-,47-,48-,50-/m0/s1. The number of aliphatic hydroxyl groups excluding tert-OH is 2. The number of carboxylic acids is 2. The number of amides is 10. The van der Waals surface area contributed by atoms with Crippen LogP contribution in [0.1, 0.15) is 90.2 Å². The number of guanidine groups is 1. The Hall–Kier alpha value is -8.99. The fraction of sp³-hybridized carbons (Fsp3) is 0.532. The number of benzene rings is 2. The summed E-state index contributed by atoms with van der Waals surface area (Å²) >= 11 is 5.68. The lowest BCUT2D eigenvalue weighted by molar-refractivity contribution is -0.143. The first kappa shape index (κ1) is 77.7. The van der Waals surface area contributed by atoms with Gasteiger partial charge in [-0.2, -0.15) is 24.4 Å². The summed E-state index contributed by atoms with van der Waals surface area (Å²) in [6, 6.07) is -1.76. The van der Waals surface area contributed by atoms with E-state index in [4.69, 9.17) is 17.2 Å². The Morgan fingerprint density at radius 2 is 1.17 bits per heavy atom. The number of carboxylic acid groups (broad SMARTS) is 2. The number of aromatic amines is 2. The Morgan fingerprint density at radius 3 is 1.72 bits per heavy atom. The van der Waals surface area contributed by atoms with Gasteiger partial charge in [0.2, 0.25) is 59.1 Å². The van der Waals surface area contributed by atoms with E-state index in [1.165, 1.54) is 30.5 Å². The number of hydrogen-bond acceptors (Lipinski definition) is 18. The molecule has 34 heteroatoms. The van der Waals surface area contributed by atoms with E-state index in [9.17, 15) is 78.0 Å². The van der Waals surface area contributed by atoms with E-state index in [2.05, 4.69) is 75.4 Å². The topological polar surface area (TPSA) is 519 Å². The van der Waals surface area contributed by atoms with Gasteiger partial charge in [-0.3, -0.25) is 57.7 Å². The number of aliphatic hydroxyl groups is 2. The van der Waals surface area contributed by atoms with Gasteiger partial charge in [-0.15, -0.1) is 0 Å². The van der Waals surface area contributed by atoms with E-state index in [1.807, 2.05) is 0 Å². The fourth-order valence-electron chi connectivity index (χ4n) is 10.7. The maximum atomic E-state index is 14.9. The summed E-state index contributed by atoms with van der Waals surface area (Å²) in [6.07, 6.45) is 2.25. The van der Waals surface area contributed by atoms with Crippen molar-refractivity contribution in [2.75, 3.05) is 37.5 Å². The molecule has 0 saturated carbocycles. The third kappa shape index (κ3) is 23.1. The number of carbonyl (C=O) groups is 12. The second-order valence-electron chi connectivity index (χ2n) is 23.8. The molecule has 0 spiro atoms. The number of aliphatic imine (C=N–C) groups is 1. The number of aromatic nitrogens is 2. The van der Waals surface area contributed by atoms with Crippen molar-refractivity contribution in [1.29, 1.82) is 0 Å². The van der Waals surface area contributed by atoms with Gasteiger partial charge in [-0.1, -0.05) is 50.2 Å². The summed E-state index contributed by atoms with van der Waals surface area (Å²) in [5.74, 6) is -12.2. The van der Waals surface area contributed by atoms with Crippen molar-refractivity contribution >= 4 is 123 Å². The molecule has 0 aliphatic carbocycles. The van der Waals surface area contributed by atoms with Gasteiger partial charge in [0.1, 0.15) is 66.5 Å². The smallest absolute Gasteiger partial charge is 0.326 e. The Morgan fingerprint density at radius 1 is 0.646 bits per heavy atom. The third-order valence-corrected chi connectivity index (χ3v) is 16.9. The second kappa shape index (κ2) is 37.9. The molecular formula is C62H90N16O16S2. The minimum atomic E-state index is -1.80. The lowest BCUT2D eigenvalue weighted by atomic mass is 10.00. The molecule has 0 unspecified atom stereocenters. The van der Waals surface area contributed by atoms with Crippen molar-refractivity contribution in [3.8, 4) is 0 Å². The number of carbonyl (C=O) groups excluding carboxylic acids is 10. The number of para-hydroxylation sites is 2. The Labute approximate surface area is 563 Å². The van der Waals surface area contributed by atoms with Gasteiger partial charge in [0.15, 0.2) is 5.96 Å². The van der Waals surface area contributed by atoms with Crippen LogP contribution in [0.3, 0.4) is 0 Å². The lowest BCUT2D eigenvalue weighted by Crippen LogP contribution is -2.62. The fourth-order valence-corrected chi connectivity index (χ4v) is 11.4. The molecule has 3 heterocycles. The van der Waals surface area contributed by atoms with Crippen LogP contribution >= 0.6 is 24.4 Å². The highest BCUT2D eigenvalue weighted by Gasteiger charge is 2.41. The number of hydrogen-bond donors (Lipinski definition) is 19. The molecule has 12 atom stereocenters. The number of aliphatic carboxylic acids is 2. The number of H-pyrrole nitrogens is 2. The van der Waals surface area contributed by atoms with Crippen LogP contribution in [-0.4, -0.2) is 222 Å². The van der Waals surface area contributed by atoms with Gasteiger partial charge in [0, 0.05) is 72.3 Å². The Balaban J connectivity index is 1.38. The molecule has 2 aromatic carbocycles. The minimum absolute atomic E-state index is 0.0210. The number of nitrogens with two attached hydrogens (primary N) is 3.